The molecule has 0 aromatic carbocycles. The Morgan fingerprint density at radius 2 is 2.20 bits per heavy atom. The first kappa shape index (κ1) is 9.91. The zero-order valence-electron chi connectivity index (χ0n) is 7.88. The fourth-order valence-electron chi connectivity index (χ4n) is 1.08. The van der Waals surface area contributed by atoms with Gasteiger partial charge >= 0.3 is 0 Å². The lowest BCUT2D eigenvalue weighted by molar-refractivity contribution is 0.577. The van der Waals surface area contributed by atoms with Crippen molar-refractivity contribution >= 4 is 17.7 Å². The van der Waals surface area contributed by atoms with Gasteiger partial charge in [-0.25, -0.2) is 4.98 Å². The lowest BCUT2D eigenvalue weighted by atomic mass is 10.4. The van der Waals surface area contributed by atoms with Crippen molar-refractivity contribution in [2.24, 2.45) is 0 Å². The summed E-state index contributed by atoms with van der Waals surface area (Å²) in [6.45, 7) is 0. The summed E-state index contributed by atoms with van der Waals surface area (Å²) in [5.74, 6) is -0.0640. The van der Waals surface area contributed by atoms with Crippen molar-refractivity contribution in [2.75, 3.05) is 12.0 Å². The number of thioether (sulfide) groups is 1. The van der Waals surface area contributed by atoms with Crippen LogP contribution in [0.15, 0.2) is 23.4 Å². The van der Waals surface area contributed by atoms with E-state index in [1.165, 1.54) is 28.6 Å². The molecule has 0 saturated heterocycles. The van der Waals surface area contributed by atoms with Crippen molar-refractivity contribution in [1.29, 1.82) is 0 Å². The van der Waals surface area contributed by atoms with Crippen LogP contribution >= 0.6 is 11.8 Å². The lowest BCUT2D eigenvalue weighted by Crippen LogP contribution is -2.05. The van der Waals surface area contributed by atoms with Gasteiger partial charge in [0.1, 0.15) is 0 Å². The predicted molar refractivity (Wildman–Crippen MR) is 55.3 cm³/mol. The Balaban J connectivity index is 2.48. The number of anilines is 1. The number of hydrogen-bond acceptors (Lipinski definition) is 5. The van der Waals surface area contributed by atoms with Crippen molar-refractivity contribution in [3.05, 3.63) is 24.1 Å². The largest absolute Gasteiger partial charge is 0.368 e. The maximum absolute atomic E-state index is 12.9. The monoisotopic (exact) mass is 225 g/mol. The zero-order valence-corrected chi connectivity index (χ0v) is 8.70. The van der Waals surface area contributed by atoms with Crippen LogP contribution < -0.4 is 5.73 Å². The Morgan fingerprint density at radius 1 is 1.40 bits per heavy atom. The molecule has 0 spiro atoms. The van der Waals surface area contributed by atoms with Gasteiger partial charge in [0, 0.05) is 0 Å². The molecule has 2 aromatic rings. The third-order valence-electron chi connectivity index (χ3n) is 1.71. The molecule has 0 bridgehead atoms. The van der Waals surface area contributed by atoms with Crippen LogP contribution in [-0.2, 0) is 0 Å². The molecule has 2 N–H and O–H groups in total. The van der Waals surface area contributed by atoms with Gasteiger partial charge in [0.05, 0.1) is 0 Å². The average Bonchev–Trinajstić information content (AvgIpc) is 2.60. The van der Waals surface area contributed by atoms with Crippen molar-refractivity contribution in [1.82, 2.24) is 19.7 Å². The van der Waals surface area contributed by atoms with Crippen molar-refractivity contribution in [3.63, 3.8) is 0 Å². The highest BCUT2D eigenvalue weighted by molar-refractivity contribution is 7.98. The van der Waals surface area contributed by atoms with Gasteiger partial charge in [-0.3, -0.25) is 0 Å². The van der Waals surface area contributed by atoms with E-state index in [2.05, 4.69) is 15.1 Å². The predicted octanol–water partition coefficient (Wildman–Crippen LogP) is 1.11. The number of halogens is 1. The van der Waals surface area contributed by atoms with Crippen molar-refractivity contribution < 1.29 is 4.39 Å². The topological polar surface area (TPSA) is 69.6 Å². The molecule has 5 nitrogen and oxygen atoms in total. The highest BCUT2D eigenvalue weighted by Gasteiger charge is 2.09. The van der Waals surface area contributed by atoms with E-state index in [-0.39, 0.29) is 5.95 Å². The second kappa shape index (κ2) is 3.85. The van der Waals surface area contributed by atoms with E-state index < -0.39 is 5.95 Å². The quantitative estimate of drug-likeness (QED) is 0.612. The van der Waals surface area contributed by atoms with Crippen molar-refractivity contribution in [3.8, 4) is 5.82 Å². The highest BCUT2D eigenvalue weighted by atomic mass is 32.2. The molecule has 0 aliphatic heterocycles. The molecule has 0 radical (unpaired) electrons. The van der Waals surface area contributed by atoms with E-state index in [4.69, 9.17) is 5.73 Å². The molecular formula is C8H8FN5S. The van der Waals surface area contributed by atoms with Crippen LogP contribution in [0.3, 0.4) is 0 Å². The fourth-order valence-corrected chi connectivity index (χ4v) is 1.42. The standard InChI is InChI=1S/C8H8FN5S/c1-15-8-12-7(10)14(13-8)6-4-2-3-5(9)11-6/h2-4H,1H3,(H2,10,12,13). The Bertz CT molecular complexity index is 484. The summed E-state index contributed by atoms with van der Waals surface area (Å²) in [5.41, 5.74) is 5.61. The summed E-state index contributed by atoms with van der Waals surface area (Å²) in [6.07, 6.45) is 1.83. The van der Waals surface area contributed by atoms with Crippen LogP contribution in [0.1, 0.15) is 0 Å². The first-order valence-corrected chi connectivity index (χ1v) is 5.32. The third-order valence-corrected chi connectivity index (χ3v) is 2.25. The smallest absolute Gasteiger partial charge is 0.225 e. The van der Waals surface area contributed by atoms with E-state index in [9.17, 15) is 4.39 Å². The normalized spacial score (nSPS) is 10.5. The number of nitrogen functional groups attached to an aromatic ring is 1. The van der Waals surface area contributed by atoms with Crippen LogP contribution in [-0.4, -0.2) is 26.0 Å². The molecule has 0 saturated carbocycles. The van der Waals surface area contributed by atoms with E-state index in [1.807, 2.05) is 6.26 Å². The molecule has 0 unspecified atom stereocenters. The zero-order chi connectivity index (χ0) is 10.8. The molecule has 2 rings (SSSR count). The first-order chi connectivity index (χ1) is 7.20. The number of hydrogen-bond donors (Lipinski definition) is 1. The van der Waals surface area contributed by atoms with Crippen LogP contribution in [0.25, 0.3) is 5.82 Å². The molecular weight excluding hydrogens is 217 g/mol. The van der Waals surface area contributed by atoms with Crippen LogP contribution in [0.4, 0.5) is 10.3 Å². The van der Waals surface area contributed by atoms with E-state index in [0.717, 1.165) is 0 Å². The van der Waals surface area contributed by atoms with Crippen LogP contribution in [0.2, 0.25) is 0 Å². The minimum atomic E-state index is -0.576. The molecule has 2 aromatic heterocycles. The van der Waals surface area contributed by atoms with Gasteiger partial charge in [0.2, 0.25) is 17.1 Å². The minimum Gasteiger partial charge on any atom is -0.368 e. The Kier molecular flexibility index (Phi) is 2.55. The number of aromatic nitrogens is 4. The van der Waals surface area contributed by atoms with Gasteiger partial charge in [0.15, 0.2) is 5.82 Å². The Labute approximate surface area is 89.5 Å². The lowest BCUT2D eigenvalue weighted by Gasteiger charge is -1.99. The minimum absolute atomic E-state index is 0.192. The second-order valence-electron chi connectivity index (χ2n) is 2.69. The number of rotatable bonds is 2. The summed E-state index contributed by atoms with van der Waals surface area (Å²) in [7, 11) is 0. The summed E-state index contributed by atoms with van der Waals surface area (Å²) in [6, 6.07) is 4.40. The first-order valence-electron chi connectivity index (χ1n) is 4.10. The molecule has 0 atom stereocenters. The third kappa shape index (κ3) is 1.91. The van der Waals surface area contributed by atoms with Gasteiger partial charge in [-0.1, -0.05) is 17.8 Å². The highest BCUT2D eigenvalue weighted by Crippen LogP contribution is 2.14. The van der Waals surface area contributed by atoms with Crippen LogP contribution in [0, 0.1) is 5.95 Å². The maximum atomic E-state index is 12.9. The van der Waals surface area contributed by atoms with E-state index in [0.29, 0.717) is 11.0 Å². The molecule has 2 heterocycles. The van der Waals surface area contributed by atoms with Gasteiger partial charge in [-0.2, -0.15) is 14.1 Å². The summed E-state index contributed by atoms with van der Waals surface area (Å²) in [4.78, 5) is 7.62. The van der Waals surface area contributed by atoms with Gasteiger partial charge < -0.3 is 5.73 Å². The van der Waals surface area contributed by atoms with E-state index in [1.54, 1.807) is 6.07 Å². The van der Waals surface area contributed by atoms with Gasteiger partial charge in [-0.15, -0.1) is 5.10 Å². The Hall–Kier alpha value is -1.63. The molecule has 78 valence electrons. The summed E-state index contributed by atoms with van der Waals surface area (Å²) in [5, 5.41) is 4.58. The molecule has 15 heavy (non-hydrogen) atoms. The Morgan fingerprint density at radius 3 is 2.80 bits per heavy atom. The fraction of sp³-hybridized carbons (Fsp3) is 0.125. The van der Waals surface area contributed by atoms with E-state index >= 15 is 0 Å². The number of nitrogens with zero attached hydrogens (tertiary/aromatic N) is 4. The van der Waals surface area contributed by atoms with Crippen molar-refractivity contribution in [2.45, 2.75) is 5.16 Å². The van der Waals surface area contributed by atoms with Gasteiger partial charge in [-0.05, 0) is 18.4 Å². The molecule has 0 aliphatic rings. The second-order valence-corrected chi connectivity index (χ2v) is 3.46. The molecule has 0 fully saturated rings. The summed E-state index contributed by atoms with van der Waals surface area (Å²) < 4.78 is 14.2. The average molecular weight is 225 g/mol. The summed E-state index contributed by atoms with van der Waals surface area (Å²) >= 11 is 1.36. The SMILES string of the molecule is CSc1nc(N)n(-c2cccc(F)n2)n1. The van der Waals surface area contributed by atoms with Gasteiger partial charge in [0.25, 0.3) is 0 Å². The number of pyridine rings is 1. The molecule has 0 amide bonds. The van der Waals surface area contributed by atoms with Crippen LogP contribution in [0.5, 0.6) is 0 Å². The number of nitrogens with two attached hydrogens (primary N) is 1. The maximum Gasteiger partial charge on any atom is 0.225 e. The molecule has 0 aliphatic carbocycles. The molecule has 7 heteroatoms.